The van der Waals surface area contributed by atoms with Crippen LogP contribution in [0.25, 0.3) is 0 Å². The third-order valence-electron chi connectivity index (χ3n) is 4.79. The lowest BCUT2D eigenvalue weighted by molar-refractivity contribution is 0.0752. The van der Waals surface area contributed by atoms with Gasteiger partial charge in [-0.05, 0) is 62.8 Å². The normalized spacial score (nSPS) is 38.8. The molecular weight excluding hydrogens is 222 g/mol. The van der Waals surface area contributed by atoms with E-state index in [2.05, 4.69) is 26.1 Å². The van der Waals surface area contributed by atoms with Crippen LogP contribution in [-0.4, -0.2) is 25.3 Å². The molecule has 0 radical (unpaired) electrons. The van der Waals surface area contributed by atoms with Gasteiger partial charge < -0.3 is 10.1 Å². The summed E-state index contributed by atoms with van der Waals surface area (Å²) in [7, 11) is 0. The smallest absolute Gasteiger partial charge is 0.0590 e. The van der Waals surface area contributed by atoms with Crippen LogP contribution in [0.1, 0.15) is 59.3 Å². The summed E-state index contributed by atoms with van der Waals surface area (Å²) in [6.45, 7) is 9.17. The molecule has 2 rings (SSSR count). The van der Waals surface area contributed by atoms with Crippen LogP contribution >= 0.6 is 0 Å². The first-order valence-corrected chi connectivity index (χ1v) is 8.04. The van der Waals surface area contributed by atoms with E-state index in [-0.39, 0.29) is 0 Å². The molecule has 106 valence electrons. The Hall–Kier alpha value is -0.0800. The Balaban J connectivity index is 1.90. The number of nitrogens with one attached hydrogen (secondary N) is 1. The Labute approximate surface area is 113 Å². The van der Waals surface area contributed by atoms with Gasteiger partial charge in [0.1, 0.15) is 0 Å². The molecule has 18 heavy (non-hydrogen) atoms. The first kappa shape index (κ1) is 14.3. The molecular formula is C16H31NO. The molecule has 1 aliphatic heterocycles. The SMILES string of the molecule is CCNC(CC1CCCO1)C1CC(C)CC(C)C1. The molecule has 0 aromatic carbocycles. The summed E-state index contributed by atoms with van der Waals surface area (Å²) in [4.78, 5) is 0. The van der Waals surface area contributed by atoms with Crippen LogP contribution in [0.3, 0.4) is 0 Å². The zero-order valence-corrected chi connectivity index (χ0v) is 12.5. The second-order valence-corrected chi connectivity index (χ2v) is 6.71. The molecule has 1 heterocycles. The fraction of sp³-hybridized carbons (Fsp3) is 1.00. The minimum atomic E-state index is 0.529. The topological polar surface area (TPSA) is 21.3 Å². The number of rotatable bonds is 5. The first-order valence-electron chi connectivity index (χ1n) is 8.04. The number of hydrogen-bond donors (Lipinski definition) is 1. The molecule has 1 saturated carbocycles. The lowest BCUT2D eigenvalue weighted by Crippen LogP contribution is -2.41. The largest absolute Gasteiger partial charge is 0.378 e. The van der Waals surface area contributed by atoms with E-state index >= 15 is 0 Å². The summed E-state index contributed by atoms with van der Waals surface area (Å²) in [5.74, 6) is 2.68. The fourth-order valence-corrected chi connectivity index (χ4v) is 4.16. The lowest BCUT2D eigenvalue weighted by atomic mass is 9.72. The average molecular weight is 253 g/mol. The van der Waals surface area contributed by atoms with Crippen LogP contribution < -0.4 is 5.32 Å². The Morgan fingerprint density at radius 1 is 1.17 bits per heavy atom. The molecule has 2 heteroatoms. The van der Waals surface area contributed by atoms with Gasteiger partial charge in [0.2, 0.25) is 0 Å². The Kier molecular flexibility index (Phi) is 5.50. The minimum absolute atomic E-state index is 0.529. The second-order valence-electron chi connectivity index (χ2n) is 6.71. The molecule has 2 fully saturated rings. The van der Waals surface area contributed by atoms with Gasteiger partial charge in [0.15, 0.2) is 0 Å². The predicted octanol–water partition coefficient (Wildman–Crippen LogP) is 3.61. The summed E-state index contributed by atoms with van der Waals surface area (Å²) in [6.07, 6.45) is 8.55. The van der Waals surface area contributed by atoms with Gasteiger partial charge in [-0.2, -0.15) is 0 Å². The van der Waals surface area contributed by atoms with Gasteiger partial charge in [0.25, 0.3) is 0 Å². The standard InChI is InChI=1S/C16H31NO/c1-4-17-16(11-15-6-5-7-18-15)14-9-12(2)8-13(3)10-14/h12-17H,4-11H2,1-3H3. The van der Waals surface area contributed by atoms with E-state index < -0.39 is 0 Å². The van der Waals surface area contributed by atoms with Crippen molar-refractivity contribution >= 4 is 0 Å². The van der Waals surface area contributed by atoms with Crippen molar-refractivity contribution in [1.29, 1.82) is 0 Å². The van der Waals surface area contributed by atoms with Crippen molar-refractivity contribution in [3.8, 4) is 0 Å². The summed E-state index contributed by atoms with van der Waals surface area (Å²) in [6, 6.07) is 0.684. The molecule has 1 saturated heterocycles. The molecule has 4 unspecified atom stereocenters. The van der Waals surface area contributed by atoms with Gasteiger partial charge in [-0.15, -0.1) is 0 Å². The second kappa shape index (κ2) is 6.91. The van der Waals surface area contributed by atoms with Crippen molar-refractivity contribution in [2.75, 3.05) is 13.2 Å². The summed E-state index contributed by atoms with van der Waals surface area (Å²) >= 11 is 0. The van der Waals surface area contributed by atoms with E-state index in [1.807, 2.05) is 0 Å². The first-order chi connectivity index (χ1) is 8.69. The molecule has 0 aromatic rings. The zero-order chi connectivity index (χ0) is 13.0. The molecule has 0 aromatic heterocycles. The van der Waals surface area contributed by atoms with Crippen molar-refractivity contribution in [3.05, 3.63) is 0 Å². The highest BCUT2D eigenvalue weighted by Gasteiger charge is 2.31. The monoisotopic (exact) mass is 253 g/mol. The van der Waals surface area contributed by atoms with Crippen molar-refractivity contribution < 1.29 is 4.74 Å². The quantitative estimate of drug-likeness (QED) is 0.808. The zero-order valence-electron chi connectivity index (χ0n) is 12.5. The van der Waals surface area contributed by atoms with Crippen LogP contribution in [0.2, 0.25) is 0 Å². The lowest BCUT2D eigenvalue weighted by Gasteiger charge is -2.37. The maximum absolute atomic E-state index is 5.83. The minimum Gasteiger partial charge on any atom is -0.378 e. The Morgan fingerprint density at radius 2 is 1.89 bits per heavy atom. The molecule has 4 atom stereocenters. The molecule has 2 aliphatic rings. The van der Waals surface area contributed by atoms with E-state index in [0.717, 1.165) is 30.9 Å². The van der Waals surface area contributed by atoms with E-state index in [1.54, 1.807) is 0 Å². The Bertz CT molecular complexity index is 227. The molecule has 1 aliphatic carbocycles. The van der Waals surface area contributed by atoms with Crippen molar-refractivity contribution in [3.63, 3.8) is 0 Å². The molecule has 0 bridgehead atoms. The highest BCUT2D eigenvalue weighted by molar-refractivity contribution is 4.86. The van der Waals surface area contributed by atoms with E-state index in [1.165, 1.54) is 38.5 Å². The van der Waals surface area contributed by atoms with Crippen LogP contribution in [0, 0.1) is 17.8 Å². The Morgan fingerprint density at radius 3 is 2.44 bits per heavy atom. The van der Waals surface area contributed by atoms with Crippen LogP contribution in [-0.2, 0) is 4.74 Å². The third-order valence-corrected chi connectivity index (χ3v) is 4.79. The van der Waals surface area contributed by atoms with E-state index in [9.17, 15) is 0 Å². The number of hydrogen-bond acceptors (Lipinski definition) is 2. The van der Waals surface area contributed by atoms with Crippen molar-refractivity contribution in [2.45, 2.75) is 71.4 Å². The van der Waals surface area contributed by atoms with Crippen LogP contribution in [0.15, 0.2) is 0 Å². The molecule has 0 amide bonds. The summed E-state index contributed by atoms with van der Waals surface area (Å²) in [5, 5.41) is 3.74. The van der Waals surface area contributed by atoms with Crippen molar-refractivity contribution in [2.24, 2.45) is 17.8 Å². The molecule has 0 spiro atoms. The van der Waals surface area contributed by atoms with E-state index in [0.29, 0.717) is 12.1 Å². The van der Waals surface area contributed by atoms with E-state index in [4.69, 9.17) is 4.74 Å². The van der Waals surface area contributed by atoms with Crippen LogP contribution in [0.4, 0.5) is 0 Å². The predicted molar refractivity (Wildman–Crippen MR) is 76.7 cm³/mol. The fourth-order valence-electron chi connectivity index (χ4n) is 4.16. The summed E-state index contributed by atoms with van der Waals surface area (Å²) in [5.41, 5.74) is 0. The van der Waals surface area contributed by atoms with Gasteiger partial charge in [-0.25, -0.2) is 0 Å². The molecule has 1 N–H and O–H groups in total. The molecule has 2 nitrogen and oxygen atoms in total. The highest BCUT2D eigenvalue weighted by Crippen LogP contribution is 2.36. The van der Waals surface area contributed by atoms with Gasteiger partial charge >= 0.3 is 0 Å². The third kappa shape index (κ3) is 3.96. The highest BCUT2D eigenvalue weighted by atomic mass is 16.5. The van der Waals surface area contributed by atoms with Crippen LogP contribution in [0.5, 0.6) is 0 Å². The van der Waals surface area contributed by atoms with Gasteiger partial charge in [-0.3, -0.25) is 0 Å². The van der Waals surface area contributed by atoms with Gasteiger partial charge in [0, 0.05) is 12.6 Å². The average Bonchev–Trinajstić information content (AvgIpc) is 2.80. The van der Waals surface area contributed by atoms with Crippen molar-refractivity contribution in [1.82, 2.24) is 5.32 Å². The maximum Gasteiger partial charge on any atom is 0.0590 e. The van der Waals surface area contributed by atoms with Gasteiger partial charge in [-0.1, -0.05) is 20.8 Å². The summed E-state index contributed by atoms with van der Waals surface area (Å²) < 4.78 is 5.83. The van der Waals surface area contributed by atoms with Gasteiger partial charge in [0.05, 0.1) is 6.10 Å². The maximum atomic E-state index is 5.83. The number of ether oxygens (including phenoxy) is 1.